The molecule has 49 heavy (non-hydrogen) atoms. The molecule has 8 aromatic carbocycles. The van der Waals surface area contributed by atoms with Gasteiger partial charge < -0.3 is 0 Å². The Morgan fingerprint density at radius 2 is 1.02 bits per heavy atom. The monoisotopic (exact) mass is 624 g/mol. The van der Waals surface area contributed by atoms with Gasteiger partial charge >= 0.3 is 0 Å². The van der Waals surface area contributed by atoms with Gasteiger partial charge in [0.15, 0.2) is 0 Å². The van der Waals surface area contributed by atoms with Crippen LogP contribution in [0.2, 0.25) is 0 Å². The van der Waals surface area contributed by atoms with Crippen LogP contribution in [0.5, 0.6) is 0 Å². The zero-order chi connectivity index (χ0) is 32.7. The average molecular weight is 625 g/mol. The molecule has 10 rings (SSSR count). The van der Waals surface area contributed by atoms with Crippen LogP contribution in [0, 0.1) is 0 Å². The molecular formula is C47H32N2. The molecule has 0 aliphatic heterocycles. The molecule has 1 aromatic heterocycles. The lowest BCUT2D eigenvalue weighted by atomic mass is 9.79. The lowest BCUT2D eigenvalue weighted by molar-refractivity contribution is 0.661. The third-order valence-corrected chi connectivity index (χ3v) is 10.7. The van der Waals surface area contributed by atoms with Crippen molar-refractivity contribution in [2.45, 2.75) is 19.3 Å². The maximum Gasteiger partial charge on any atom is 0.0894 e. The van der Waals surface area contributed by atoms with Gasteiger partial charge in [0.1, 0.15) is 0 Å². The minimum atomic E-state index is -0.133. The van der Waals surface area contributed by atoms with Gasteiger partial charge in [-0.1, -0.05) is 141 Å². The van der Waals surface area contributed by atoms with Gasteiger partial charge in [-0.3, -0.25) is 4.98 Å². The van der Waals surface area contributed by atoms with Crippen molar-refractivity contribution in [3.05, 3.63) is 169 Å². The molecule has 0 saturated heterocycles. The van der Waals surface area contributed by atoms with E-state index in [4.69, 9.17) is 9.97 Å². The molecule has 0 radical (unpaired) electrons. The standard InChI is InChI=1S/C47H32N2/c1-47(2)39-21-11-10-20-36(39)46-32-17-7-6-16-31(32)38(27-40(46)47)45-34-19-9-8-18-33(34)44(29-14-4-3-5-15-29)35-25-24-30(26-37(35)45)43-28-48-41-22-12-13-23-42(41)49-43/h3-28H,1-2H3. The molecule has 230 valence electrons. The lowest BCUT2D eigenvalue weighted by Gasteiger charge is -2.24. The van der Waals surface area contributed by atoms with Gasteiger partial charge in [-0.2, -0.15) is 0 Å². The minimum absolute atomic E-state index is 0.133. The fourth-order valence-electron chi connectivity index (χ4n) is 8.40. The van der Waals surface area contributed by atoms with Gasteiger partial charge in [-0.05, 0) is 101 Å². The average Bonchev–Trinajstić information content (AvgIpc) is 3.39. The van der Waals surface area contributed by atoms with Gasteiger partial charge in [-0.15, -0.1) is 0 Å². The maximum atomic E-state index is 5.07. The molecule has 1 aliphatic carbocycles. The second kappa shape index (κ2) is 10.4. The van der Waals surface area contributed by atoms with E-state index in [2.05, 4.69) is 141 Å². The topological polar surface area (TPSA) is 25.8 Å². The number of para-hydroxylation sites is 2. The molecule has 0 atom stereocenters. The Morgan fingerprint density at radius 1 is 0.408 bits per heavy atom. The van der Waals surface area contributed by atoms with Crippen LogP contribution in [0.4, 0.5) is 0 Å². The van der Waals surface area contributed by atoms with Crippen LogP contribution in [0.15, 0.2) is 158 Å². The van der Waals surface area contributed by atoms with E-state index < -0.39 is 0 Å². The predicted octanol–water partition coefficient (Wildman–Crippen LogP) is 12.4. The Labute approximate surface area is 285 Å². The molecule has 0 spiro atoms. The number of hydrogen-bond donors (Lipinski definition) is 0. The number of fused-ring (bicyclic) bond motifs is 8. The number of aromatic nitrogens is 2. The highest BCUT2D eigenvalue weighted by atomic mass is 14.8. The summed E-state index contributed by atoms with van der Waals surface area (Å²) in [7, 11) is 0. The lowest BCUT2D eigenvalue weighted by Crippen LogP contribution is -2.15. The molecule has 0 unspecified atom stereocenters. The SMILES string of the molecule is CC1(C)c2ccccc2-c2c1cc(-c1c3ccccc3c(-c3ccccc3)c3ccc(-c4cnc5ccccc5n4)cc13)c1ccccc21. The van der Waals surface area contributed by atoms with Gasteiger partial charge in [0.2, 0.25) is 0 Å². The molecular weight excluding hydrogens is 593 g/mol. The highest BCUT2D eigenvalue weighted by Gasteiger charge is 2.37. The van der Waals surface area contributed by atoms with Crippen LogP contribution in [-0.4, -0.2) is 9.97 Å². The second-order valence-corrected chi connectivity index (χ2v) is 13.7. The van der Waals surface area contributed by atoms with E-state index >= 15 is 0 Å². The highest BCUT2D eigenvalue weighted by Crippen LogP contribution is 2.54. The van der Waals surface area contributed by atoms with Crippen molar-refractivity contribution in [3.8, 4) is 44.6 Å². The normalized spacial score (nSPS) is 13.3. The van der Waals surface area contributed by atoms with E-state index in [9.17, 15) is 0 Å². The van der Waals surface area contributed by atoms with E-state index in [-0.39, 0.29) is 5.41 Å². The third kappa shape index (κ3) is 4.07. The molecule has 0 bridgehead atoms. The Kier molecular flexibility index (Phi) is 5.95. The van der Waals surface area contributed by atoms with E-state index in [0.717, 1.165) is 22.3 Å². The van der Waals surface area contributed by atoms with Gasteiger partial charge in [0.25, 0.3) is 0 Å². The first-order valence-corrected chi connectivity index (χ1v) is 17.0. The number of benzene rings is 8. The molecule has 1 heterocycles. The molecule has 0 N–H and O–H groups in total. The van der Waals surface area contributed by atoms with Crippen molar-refractivity contribution in [2.24, 2.45) is 0 Å². The van der Waals surface area contributed by atoms with Crippen molar-refractivity contribution in [3.63, 3.8) is 0 Å². The molecule has 1 aliphatic rings. The number of nitrogens with zero attached hydrogens (tertiary/aromatic N) is 2. The molecule has 2 nitrogen and oxygen atoms in total. The fraction of sp³-hybridized carbons (Fsp3) is 0.0638. The first-order valence-electron chi connectivity index (χ1n) is 17.0. The Bertz CT molecular complexity index is 2790. The van der Waals surface area contributed by atoms with Crippen molar-refractivity contribution in [2.75, 3.05) is 0 Å². The molecule has 0 amide bonds. The van der Waals surface area contributed by atoms with Crippen LogP contribution in [0.1, 0.15) is 25.0 Å². The van der Waals surface area contributed by atoms with Gasteiger partial charge in [-0.25, -0.2) is 4.98 Å². The van der Waals surface area contributed by atoms with Crippen LogP contribution >= 0.6 is 0 Å². The highest BCUT2D eigenvalue weighted by molar-refractivity contribution is 6.25. The first kappa shape index (κ1) is 27.9. The summed E-state index contributed by atoms with van der Waals surface area (Å²) in [5.74, 6) is 0. The quantitative estimate of drug-likeness (QED) is 0.183. The molecule has 9 aromatic rings. The smallest absolute Gasteiger partial charge is 0.0894 e. The van der Waals surface area contributed by atoms with E-state index in [1.165, 1.54) is 76.8 Å². The third-order valence-electron chi connectivity index (χ3n) is 10.7. The van der Waals surface area contributed by atoms with Crippen LogP contribution in [-0.2, 0) is 5.41 Å². The summed E-state index contributed by atoms with van der Waals surface area (Å²) in [5, 5.41) is 7.50. The zero-order valence-corrected chi connectivity index (χ0v) is 27.4. The summed E-state index contributed by atoms with van der Waals surface area (Å²) < 4.78 is 0. The molecule has 0 fully saturated rings. The van der Waals surface area contributed by atoms with E-state index in [0.29, 0.717) is 0 Å². The van der Waals surface area contributed by atoms with Gasteiger partial charge in [0.05, 0.1) is 22.9 Å². The van der Waals surface area contributed by atoms with Crippen LogP contribution < -0.4 is 0 Å². The summed E-state index contributed by atoms with van der Waals surface area (Å²) >= 11 is 0. The van der Waals surface area contributed by atoms with Crippen molar-refractivity contribution in [1.29, 1.82) is 0 Å². The van der Waals surface area contributed by atoms with Gasteiger partial charge in [0, 0.05) is 11.0 Å². The fourth-order valence-corrected chi connectivity index (χ4v) is 8.40. The van der Waals surface area contributed by atoms with E-state index in [1.807, 2.05) is 30.5 Å². The molecule has 0 saturated carbocycles. The summed E-state index contributed by atoms with van der Waals surface area (Å²) in [4.78, 5) is 9.86. The zero-order valence-electron chi connectivity index (χ0n) is 27.4. The van der Waals surface area contributed by atoms with Crippen LogP contribution in [0.3, 0.4) is 0 Å². The Balaban J connectivity index is 1.36. The summed E-state index contributed by atoms with van der Waals surface area (Å²) in [6, 6.07) is 55.2. The number of hydrogen-bond acceptors (Lipinski definition) is 2. The Hall–Kier alpha value is -6.12. The van der Waals surface area contributed by atoms with Crippen molar-refractivity contribution < 1.29 is 0 Å². The number of rotatable bonds is 3. The summed E-state index contributed by atoms with van der Waals surface area (Å²) in [6.07, 6.45) is 1.91. The second-order valence-electron chi connectivity index (χ2n) is 13.7. The summed E-state index contributed by atoms with van der Waals surface area (Å²) in [6.45, 7) is 4.75. The van der Waals surface area contributed by atoms with Crippen molar-refractivity contribution in [1.82, 2.24) is 9.97 Å². The van der Waals surface area contributed by atoms with Crippen molar-refractivity contribution >= 4 is 43.4 Å². The van der Waals surface area contributed by atoms with Crippen LogP contribution in [0.25, 0.3) is 88.0 Å². The summed E-state index contributed by atoms with van der Waals surface area (Å²) in [5.41, 5.74) is 14.0. The Morgan fingerprint density at radius 3 is 1.82 bits per heavy atom. The predicted molar refractivity (Wildman–Crippen MR) is 206 cm³/mol. The largest absolute Gasteiger partial charge is 0.252 e. The maximum absolute atomic E-state index is 5.07. The minimum Gasteiger partial charge on any atom is -0.252 e. The first-order chi connectivity index (χ1) is 24.1. The molecule has 2 heteroatoms. The van der Waals surface area contributed by atoms with E-state index in [1.54, 1.807) is 0 Å².